The van der Waals surface area contributed by atoms with Crippen molar-refractivity contribution in [1.29, 1.82) is 0 Å². The molecule has 0 aliphatic rings. The average molecular weight is 565 g/mol. The Bertz CT molecular complexity index is 1580. The normalized spacial score (nSPS) is 11.7. The van der Waals surface area contributed by atoms with Gasteiger partial charge in [-0.05, 0) is 64.3 Å². The van der Waals surface area contributed by atoms with Gasteiger partial charge in [-0.15, -0.1) is 0 Å². The third-order valence-electron chi connectivity index (χ3n) is 6.12. The molecule has 1 atom stereocenters. The summed E-state index contributed by atoms with van der Waals surface area (Å²) in [6, 6.07) is 7.90. The lowest BCUT2D eigenvalue weighted by Gasteiger charge is -2.16. The highest BCUT2D eigenvalue weighted by Gasteiger charge is 2.25. The van der Waals surface area contributed by atoms with Crippen LogP contribution >= 0.6 is 0 Å². The summed E-state index contributed by atoms with van der Waals surface area (Å²) >= 11 is 0. The summed E-state index contributed by atoms with van der Waals surface area (Å²) in [5.74, 6) is 0.716. The number of hydrogen-bond donors (Lipinski definition) is 2. The lowest BCUT2D eigenvalue weighted by atomic mass is 9.97. The van der Waals surface area contributed by atoms with Gasteiger partial charge < -0.3 is 24.5 Å². The zero-order valence-electron chi connectivity index (χ0n) is 23.7. The fraction of sp³-hybridized carbons (Fsp3) is 0.379. The largest absolute Gasteiger partial charge is 0.469 e. The Labute approximate surface area is 236 Å². The van der Waals surface area contributed by atoms with E-state index >= 15 is 0 Å². The molecule has 2 heterocycles. The molecule has 0 fully saturated rings. The lowest BCUT2D eigenvalue weighted by molar-refractivity contribution is -0.154. The van der Waals surface area contributed by atoms with E-state index in [0.29, 0.717) is 22.5 Å². The Kier molecular flexibility index (Phi) is 9.67. The van der Waals surface area contributed by atoms with Crippen LogP contribution in [0.4, 0.5) is 0 Å². The first kappa shape index (κ1) is 30.6. The van der Waals surface area contributed by atoms with Crippen LogP contribution in [0.25, 0.3) is 11.0 Å². The number of ether oxygens (including phenoxy) is 3. The molecule has 0 saturated carbocycles. The smallest absolute Gasteiger partial charge is 0.328 e. The van der Waals surface area contributed by atoms with Crippen molar-refractivity contribution in [3.63, 3.8) is 0 Å². The van der Waals surface area contributed by atoms with Gasteiger partial charge in [0.2, 0.25) is 0 Å². The zero-order chi connectivity index (χ0) is 30.3. The number of rotatable bonds is 8. The fourth-order valence-electron chi connectivity index (χ4n) is 3.70. The minimum absolute atomic E-state index is 0.0170. The third kappa shape index (κ3) is 7.60. The number of H-pyrrole nitrogens is 1. The molecule has 0 aliphatic carbocycles. The van der Waals surface area contributed by atoms with Gasteiger partial charge >= 0.3 is 17.9 Å². The topological polar surface area (TPSA) is 159 Å². The fourth-order valence-corrected chi connectivity index (χ4v) is 3.70. The van der Waals surface area contributed by atoms with E-state index in [1.807, 2.05) is 0 Å². The second-order valence-electron chi connectivity index (χ2n) is 10.2. The van der Waals surface area contributed by atoms with E-state index in [1.54, 1.807) is 39.8 Å². The number of hydrogen-bond acceptors (Lipinski definition) is 9. The quantitative estimate of drug-likeness (QED) is 0.238. The van der Waals surface area contributed by atoms with Crippen molar-refractivity contribution >= 4 is 34.8 Å². The van der Waals surface area contributed by atoms with Crippen molar-refractivity contribution in [2.75, 3.05) is 14.2 Å². The molecule has 0 aliphatic heterocycles. The van der Waals surface area contributed by atoms with Gasteiger partial charge in [0.1, 0.15) is 24.6 Å². The Morgan fingerprint density at radius 2 is 1.78 bits per heavy atom. The molecule has 0 spiro atoms. The number of methoxy groups -OCH3 is 2. The van der Waals surface area contributed by atoms with Gasteiger partial charge in [0.05, 0.1) is 25.0 Å². The molecule has 3 aromatic rings. The molecule has 0 saturated heterocycles. The van der Waals surface area contributed by atoms with Crippen molar-refractivity contribution < 1.29 is 33.4 Å². The van der Waals surface area contributed by atoms with Crippen LogP contribution in [0.2, 0.25) is 0 Å². The number of carbonyl (C=O) groups is 4. The summed E-state index contributed by atoms with van der Waals surface area (Å²) in [5.41, 5.74) is 1.19. The maximum atomic E-state index is 13.2. The maximum Gasteiger partial charge on any atom is 0.328 e. The molecule has 1 aromatic carbocycles. The molecular formula is C29H32N4O8. The van der Waals surface area contributed by atoms with Crippen LogP contribution in [0.3, 0.4) is 0 Å². The molecule has 2 N–H and O–H groups in total. The molecule has 12 nitrogen and oxygen atoms in total. The summed E-state index contributed by atoms with van der Waals surface area (Å²) in [6.45, 7) is 6.91. The predicted octanol–water partition coefficient (Wildman–Crippen LogP) is 2.20. The van der Waals surface area contributed by atoms with Crippen LogP contribution in [0, 0.1) is 24.3 Å². The lowest BCUT2D eigenvalue weighted by Crippen LogP contribution is -2.41. The molecule has 216 valence electrons. The van der Waals surface area contributed by atoms with E-state index in [9.17, 15) is 24.0 Å². The van der Waals surface area contributed by atoms with E-state index in [0.717, 1.165) is 4.57 Å². The number of aryl methyl sites for hydroxylation is 1. The summed E-state index contributed by atoms with van der Waals surface area (Å²) in [6.07, 6.45) is 1.24. The van der Waals surface area contributed by atoms with Crippen molar-refractivity contribution in [2.24, 2.45) is 5.41 Å². The number of fused-ring (bicyclic) bond motifs is 1. The monoisotopic (exact) mass is 564 g/mol. The maximum absolute atomic E-state index is 13.2. The molecule has 1 amide bonds. The molecule has 3 rings (SSSR count). The van der Waals surface area contributed by atoms with E-state index in [2.05, 4.69) is 32.0 Å². The van der Waals surface area contributed by atoms with E-state index in [4.69, 9.17) is 9.47 Å². The zero-order valence-corrected chi connectivity index (χ0v) is 23.7. The highest BCUT2D eigenvalue weighted by atomic mass is 16.5. The highest BCUT2D eigenvalue weighted by Crippen LogP contribution is 2.21. The second kappa shape index (κ2) is 13.0. The van der Waals surface area contributed by atoms with Gasteiger partial charge in [0.25, 0.3) is 11.5 Å². The number of nitrogens with one attached hydrogen (secondary N) is 2. The summed E-state index contributed by atoms with van der Waals surface area (Å²) in [5, 5.41) is 2.83. The van der Waals surface area contributed by atoms with Crippen LogP contribution in [0.1, 0.15) is 60.8 Å². The van der Waals surface area contributed by atoms with Gasteiger partial charge in [-0.1, -0.05) is 0 Å². The first-order valence-electron chi connectivity index (χ1n) is 12.7. The van der Waals surface area contributed by atoms with Gasteiger partial charge in [0, 0.05) is 34.8 Å². The number of esters is 3. The van der Waals surface area contributed by atoms with E-state index in [1.165, 1.54) is 32.7 Å². The van der Waals surface area contributed by atoms with Gasteiger partial charge in [-0.25, -0.2) is 14.3 Å². The summed E-state index contributed by atoms with van der Waals surface area (Å²) < 4.78 is 15.8. The molecule has 2 aromatic heterocycles. The van der Waals surface area contributed by atoms with Gasteiger partial charge in [0.15, 0.2) is 0 Å². The van der Waals surface area contributed by atoms with Crippen molar-refractivity contribution in [3.05, 3.63) is 63.3 Å². The first-order chi connectivity index (χ1) is 19.3. The second-order valence-corrected chi connectivity index (χ2v) is 10.2. The van der Waals surface area contributed by atoms with Crippen LogP contribution in [0.15, 0.2) is 35.4 Å². The summed E-state index contributed by atoms with van der Waals surface area (Å²) in [4.78, 5) is 68.9. The first-order valence-corrected chi connectivity index (χ1v) is 12.7. The SMILES string of the molecule is COC(=O)CC[C@H](NC(=O)c1ccc(C#Cn2cnc3[nH]c(C)c(COC(=O)C(C)(C)C)c3c2=O)cc1)C(=O)OC. The summed E-state index contributed by atoms with van der Waals surface area (Å²) in [7, 11) is 2.42. The molecule has 41 heavy (non-hydrogen) atoms. The molecule has 12 heteroatoms. The standard InChI is InChI=1S/C29H32N4O8/c1-17-20(15-41-28(38)29(2,3)4)23-24(31-17)30-16-33(26(23)36)14-13-18-7-9-19(10-8-18)25(35)32-21(27(37)40-6)11-12-22(34)39-5/h7-10,16,21,31H,11-12,15H2,1-6H3,(H,32,35)/t21-/m0/s1. The minimum Gasteiger partial charge on any atom is -0.469 e. The highest BCUT2D eigenvalue weighted by molar-refractivity contribution is 5.97. The number of aromatic amines is 1. The number of aromatic nitrogens is 3. The number of amides is 1. The van der Waals surface area contributed by atoms with E-state index in [-0.39, 0.29) is 30.4 Å². The van der Waals surface area contributed by atoms with Crippen molar-refractivity contribution in [2.45, 2.75) is 53.2 Å². The van der Waals surface area contributed by atoms with Gasteiger partial charge in [-0.3, -0.25) is 19.2 Å². The molecule has 0 bridgehead atoms. The van der Waals surface area contributed by atoms with Crippen LogP contribution in [0.5, 0.6) is 0 Å². The van der Waals surface area contributed by atoms with Crippen LogP contribution in [-0.2, 0) is 35.2 Å². The Morgan fingerprint density at radius 1 is 1.10 bits per heavy atom. The number of nitrogens with zero attached hydrogens (tertiary/aromatic N) is 2. The third-order valence-corrected chi connectivity index (χ3v) is 6.12. The molecule has 0 unspecified atom stereocenters. The minimum atomic E-state index is -1.03. The average Bonchev–Trinajstić information content (AvgIpc) is 3.27. The van der Waals surface area contributed by atoms with Crippen molar-refractivity contribution in [3.8, 4) is 12.0 Å². The van der Waals surface area contributed by atoms with Crippen LogP contribution in [-0.4, -0.2) is 58.6 Å². The van der Waals surface area contributed by atoms with Crippen molar-refractivity contribution in [1.82, 2.24) is 19.9 Å². The Hall–Kier alpha value is -4.92. The Balaban J connectivity index is 1.78. The number of carbonyl (C=O) groups excluding carboxylic acids is 4. The van der Waals surface area contributed by atoms with E-state index < -0.39 is 40.8 Å². The Morgan fingerprint density at radius 3 is 2.39 bits per heavy atom. The molecular weight excluding hydrogens is 532 g/mol. The van der Waals surface area contributed by atoms with Crippen LogP contribution < -0.4 is 10.9 Å². The van der Waals surface area contributed by atoms with Gasteiger partial charge in [-0.2, -0.15) is 0 Å². The number of benzene rings is 1. The predicted molar refractivity (Wildman–Crippen MR) is 148 cm³/mol. The molecule has 0 radical (unpaired) electrons.